The topological polar surface area (TPSA) is 58.6 Å². The summed E-state index contributed by atoms with van der Waals surface area (Å²) in [6.07, 6.45) is 6.06. The zero-order valence-corrected chi connectivity index (χ0v) is 13.3. The van der Waals surface area contributed by atoms with E-state index in [1.54, 1.807) is 24.8 Å². The third kappa shape index (κ3) is 2.27. The van der Waals surface area contributed by atoms with Gasteiger partial charge in [0, 0.05) is 18.7 Å². The molecule has 2 heterocycles. The van der Waals surface area contributed by atoms with E-state index in [4.69, 9.17) is 0 Å². The molecular weight excluding hydrogens is 282 g/mol. The van der Waals surface area contributed by atoms with E-state index in [9.17, 15) is 4.21 Å². The summed E-state index contributed by atoms with van der Waals surface area (Å²) in [5.74, 6) is 0. The molecule has 0 unspecified atom stereocenters. The Balaban J connectivity index is 2.21. The number of H-pyrrole nitrogens is 1. The fraction of sp³-hybridized carbons (Fsp3) is 0.250. The van der Waals surface area contributed by atoms with E-state index in [-0.39, 0.29) is 0 Å². The van der Waals surface area contributed by atoms with Crippen molar-refractivity contribution in [1.82, 2.24) is 15.0 Å². The standard InChI is InChI=1S/C16H19N3OS/c1-4-12-8-9-13-14(11-12)19-16(18-13)21(2,3,20)15-7-5-6-10-17-15/h5-11H,4H2,1-3H3,(H,18,19). The van der Waals surface area contributed by atoms with E-state index in [0.29, 0.717) is 10.2 Å². The van der Waals surface area contributed by atoms with Gasteiger partial charge in [-0.15, -0.1) is 0 Å². The van der Waals surface area contributed by atoms with Gasteiger partial charge in [-0.25, -0.2) is 9.97 Å². The summed E-state index contributed by atoms with van der Waals surface area (Å²) in [5, 5.41) is 1.05. The molecule has 0 spiro atoms. The second-order valence-electron chi connectivity index (χ2n) is 5.74. The smallest absolute Gasteiger partial charge is 0.180 e. The van der Waals surface area contributed by atoms with Crippen LogP contribution in [0.25, 0.3) is 11.0 Å². The molecule has 0 saturated heterocycles. The number of aryl methyl sites for hydroxylation is 1. The van der Waals surface area contributed by atoms with Gasteiger partial charge in [0.1, 0.15) is 5.03 Å². The van der Waals surface area contributed by atoms with Gasteiger partial charge in [0.05, 0.1) is 11.0 Å². The van der Waals surface area contributed by atoms with Crippen molar-refractivity contribution in [3.05, 3.63) is 48.2 Å². The molecule has 0 radical (unpaired) electrons. The van der Waals surface area contributed by atoms with E-state index >= 15 is 0 Å². The molecule has 0 fully saturated rings. The number of rotatable bonds is 3. The Kier molecular flexibility index (Phi) is 2.99. The molecule has 1 N–H and O–H groups in total. The van der Waals surface area contributed by atoms with Crippen molar-refractivity contribution >= 4 is 20.1 Å². The Morgan fingerprint density at radius 2 is 2.00 bits per heavy atom. The molecule has 0 aliphatic rings. The van der Waals surface area contributed by atoms with Crippen LogP contribution in [-0.2, 0) is 15.5 Å². The number of pyridine rings is 1. The fourth-order valence-corrected chi connectivity index (χ4v) is 4.14. The lowest BCUT2D eigenvalue weighted by Gasteiger charge is -2.30. The first-order valence-electron chi connectivity index (χ1n) is 6.91. The zero-order chi connectivity index (χ0) is 15.1. The first kappa shape index (κ1) is 13.9. The summed E-state index contributed by atoms with van der Waals surface area (Å²) in [4.78, 5) is 12.1. The third-order valence-electron chi connectivity index (χ3n) is 3.74. The SMILES string of the molecule is CCc1ccc2[nH]c(S(C)(C)(=O)c3ccccn3)nc2c1. The maximum absolute atomic E-state index is 13.6. The zero-order valence-electron chi connectivity index (χ0n) is 12.5. The van der Waals surface area contributed by atoms with Gasteiger partial charge in [0.15, 0.2) is 5.16 Å². The van der Waals surface area contributed by atoms with Gasteiger partial charge in [-0.3, -0.25) is 4.21 Å². The van der Waals surface area contributed by atoms with Crippen molar-refractivity contribution in [1.29, 1.82) is 0 Å². The van der Waals surface area contributed by atoms with Crippen LogP contribution < -0.4 is 0 Å². The lowest BCUT2D eigenvalue weighted by atomic mass is 10.1. The Bertz CT molecular complexity index is 862. The second kappa shape index (κ2) is 4.49. The summed E-state index contributed by atoms with van der Waals surface area (Å²) in [6, 6.07) is 11.6. The first-order chi connectivity index (χ1) is 9.89. The summed E-state index contributed by atoms with van der Waals surface area (Å²) in [5.41, 5.74) is 2.97. The van der Waals surface area contributed by atoms with Crippen LogP contribution in [-0.4, -0.2) is 31.7 Å². The van der Waals surface area contributed by atoms with Gasteiger partial charge in [-0.05, 0) is 45.3 Å². The molecule has 5 heteroatoms. The Labute approximate surface area is 124 Å². The number of nitrogens with one attached hydrogen (secondary N) is 1. The Morgan fingerprint density at radius 3 is 2.67 bits per heavy atom. The van der Waals surface area contributed by atoms with E-state index in [1.165, 1.54) is 5.56 Å². The highest BCUT2D eigenvalue weighted by molar-refractivity contribution is 8.18. The molecule has 0 amide bonds. The van der Waals surface area contributed by atoms with Crippen LogP contribution >= 0.6 is 0 Å². The minimum atomic E-state index is -3.30. The van der Waals surface area contributed by atoms with E-state index in [1.807, 2.05) is 24.3 Å². The number of imidazole rings is 1. The van der Waals surface area contributed by atoms with Gasteiger partial charge in [0.2, 0.25) is 0 Å². The van der Waals surface area contributed by atoms with Crippen LogP contribution in [0.2, 0.25) is 0 Å². The summed E-state index contributed by atoms with van der Waals surface area (Å²) >= 11 is 0. The largest absolute Gasteiger partial charge is 0.332 e. The van der Waals surface area contributed by atoms with E-state index in [0.717, 1.165) is 17.5 Å². The van der Waals surface area contributed by atoms with Gasteiger partial charge in [-0.2, -0.15) is 0 Å². The average molecular weight is 301 g/mol. The molecule has 0 aliphatic heterocycles. The Hall–Kier alpha value is -2.01. The molecule has 4 nitrogen and oxygen atoms in total. The quantitative estimate of drug-likeness (QED) is 0.809. The molecule has 2 aromatic heterocycles. The molecule has 0 atom stereocenters. The predicted octanol–water partition coefficient (Wildman–Crippen LogP) is 3.02. The molecule has 0 bridgehead atoms. The molecule has 3 rings (SSSR count). The molecule has 0 saturated carbocycles. The highest BCUT2D eigenvalue weighted by Crippen LogP contribution is 2.35. The monoisotopic (exact) mass is 301 g/mol. The number of aromatic amines is 1. The number of benzene rings is 1. The Morgan fingerprint density at radius 1 is 1.19 bits per heavy atom. The number of nitrogens with zero attached hydrogens (tertiary/aromatic N) is 2. The normalized spacial score (nSPS) is 14.0. The maximum atomic E-state index is 13.6. The summed E-state index contributed by atoms with van der Waals surface area (Å²) in [6.45, 7) is 2.11. The van der Waals surface area contributed by atoms with Crippen molar-refractivity contribution in [3.63, 3.8) is 0 Å². The molecule has 1 aromatic carbocycles. The first-order valence-corrected chi connectivity index (χ1v) is 9.69. The second-order valence-corrected chi connectivity index (χ2v) is 10.2. The highest BCUT2D eigenvalue weighted by atomic mass is 32.3. The van der Waals surface area contributed by atoms with Crippen molar-refractivity contribution in [2.45, 2.75) is 23.5 Å². The van der Waals surface area contributed by atoms with Crippen molar-refractivity contribution in [3.8, 4) is 0 Å². The summed E-state index contributed by atoms with van der Waals surface area (Å²) in [7, 11) is -3.30. The van der Waals surface area contributed by atoms with Crippen molar-refractivity contribution in [2.75, 3.05) is 12.5 Å². The highest BCUT2D eigenvalue weighted by Gasteiger charge is 2.35. The molecule has 0 aliphatic carbocycles. The minimum absolute atomic E-state index is 0.494. The number of aromatic nitrogens is 3. The lowest BCUT2D eigenvalue weighted by Crippen LogP contribution is -2.32. The summed E-state index contributed by atoms with van der Waals surface area (Å²) < 4.78 is 13.6. The predicted molar refractivity (Wildman–Crippen MR) is 86.2 cm³/mol. The maximum Gasteiger partial charge on any atom is 0.180 e. The van der Waals surface area contributed by atoms with Crippen LogP contribution in [0.15, 0.2) is 52.8 Å². The fourth-order valence-electron chi connectivity index (χ4n) is 2.33. The van der Waals surface area contributed by atoms with Gasteiger partial charge >= 0.3 is 0 Å². The van der Waals surface area contributed by atoms with Crippen LogP contribution in [0.4, 0.5) is 0 Å². The van der Waals surface area contributed by atoms with Crippen molar-refractivity contribution < 1.29 is 4.21 Å². The number of fused-ring (bicyclic) bond motifs is 1. The van der Waals surface area contributed by atoms with E-state index < -0.39 is 9.07 Å². The third-order valence-corrected chi connectivity index (χ3v) is 6.52. The number of hydrogen-bond acceptors (Lipinski definition) is 3. The molecule has 3 aromatic rings. The molecule has 21 heavy (non-hydrogen) atoms. The van der Waals surface area contributed by atoms with Gasteiger partial charge in [0.25, 0.3) is 0 Å². The molecule has 110 valence electrons. The van der Waals surface area contributed by atoms with Crippen LogP contribution in [0.3, 0.4) is 0 Å². The van der Waals surface area contributed by atoms with Gasteiger partial charge in [-0.1, -0.05) is 19.1 Å². The van der Waals surface area contributed by atoms with Crippen LogP contribution in [0, 0.1) is 0 Å². The van der Waals surface area contributed by atoms with Gasteiger partial charge < -0.3 is 4.98 Å². The number of hydrogen-bond donors (Lipinski definition) is 1. The van der Waals surface area contributed by atoms with Crippen LogP contribution in [0.5, 0.6) is 0 Å². The lowest BCUT2D eigenvalue weighted by molar-refractivity contribution is 0.653. The van der Waals surface area contributed by atoms with Crippen LogP contribution in [0.1, 0.15) is 12.5 Å². The minimum Gasteiger partial charge on any atom is -0.332 e. The molecular formula is C16H19N3OS. The van der Waals surface area contributed by atoms with Crippen molar-refractivity contribution in [2.24, 2.45) is 0 Å². The average Bonchev–Trinajstić information content (AvgIpc) is 2.92. The van der Waals surface area contributed by atoms with E-state index in [2.05, 4.69) is 27.9 Å².